The summed E-state index contributed by atoms with van der Waals surface area (Å²) in [7, 11) is 0. The van der Waals surface area contributed by atoms with Gasteiger partial charge in [-0.25, -0.2) is 0 Å². The lowest BCUT2D eigenvalue weighted by Gasteiger charge is -2.46. The molecule has 42 heavy (non-hydrogen) atoms. The van der Waals surface area contributed by atoms with Gasteiger partial charge in [0.15, 0.2) is 17.7 Å². The Bertz CT molecular complexity index is 755. The summed E-state index contributed by atoms with van der Waals surface area (Å²) < 4.78 is 16.2. The highest BCUT2D eigenvalue weighted by Crippen LogP contribution is 2.34. The van der Waals surface area contributed by atoms with Gasteiger partial charge in [-0.15, -0.1) is 0 Å². The third-order valence-corrected chi connectivity index (χ3v) is 9.16. The van der Waals surface area contributed by atoms with Crippen LogP contribution in [-0.2, 0) is 19.0 Å². The van der Waals surface area contributed by atoms with E-state index in [-0.39, 0.29) is 11.5 Å². The molecule has 0 radical (unpaired) electrons. The second-order valence-electron chi connectivity index (χ2n) is 11.3. The van der Waals surface area contributed by atoms with E-state index in [2.05, 4.69) is 19.1 Å². The van der Waals surface area contributed by atoms with Crippen molar-refractivity contribution in [2.75, 3.05) is 13.2 Å². The number of thioether (sulfide) groups is 1. The van der Waals surface area contributed by atoms with Gasteiger partial charge in [0.2, 0.25) is 0 Å². The quantitative estimate of drug-likeness (QED) is 0.0774. The molecule has 0 saturated carbocycles. The summed E-state index contributed by atoms with van der Waals surface area (Å²) in [6, 6.07) is 0. The molecule has 0 aromatic heterocycles. The molecule has 2 heterocycles. The van der Waals surface area contributed by atoms with Gasteiger partial charge in [-0.05, 0) is 32.1 Å². The first kappa shape index (κ1) is 37.5. The topological polar surface area (TPSA) is 186 Å². The standard InChI is InChI=1S/C30H54O11S/c1-2-3-4-5-6-7-8-9-10-11-12-13-14-15-16-17-22(33)42-28-23(34)20(18-31)40-30(26(28)37)41-27-21(19-32)39-29(38)25(36)24(27)35/h9-10,20-21,23-32,34-38H,2-8,11-19H2,1H3/b10-9-/t20-,21-,23-,24-,25-,26-,27-,28+,29-,30-/m1/s1. The smallest absolute Gasteiger partial charge is 0.189 e. The molecule has 11 nitrogen and oxygen atoms in total. The number of carbonyl (C=O) groups excluding carboxylic acids is 1. The Morgan fingerprint density at radius 3 is 1.88 bits per heavy atom. The van der Waals surface area contributed by atoms with Gasteiger partial charge in [-0.2, -0.15) is 0 Å². The van der Waals surface area contributed by atoms with Crippen molar-refractivity contribution >= 4 is 16.9 Å². The molecular weight excluding hydrogens is 568 g/mol. The van der Waals surface area contributed by atoms with E-state index in [1.54, 1.807) is 0 Å². The Balaban J connectivity index is 1.70. The first-order valence-electron chi connectivity index (χ1n) is 15.7. The lowest BCUT2D eigenvalue weighted by atomic mass is 9.98. The fourth-order valence-corrected chi connectivity index (χ4v) is 6.39. The fraction of sp³-hybridized carbons (Fsp3) is 0.900. The van der Waals surface area contributed by atoms with Crippen LogP contribution < -0.4 is 0 Å². The van der Waals surface area contributed by atoms with Crippen LogP contribution in [0.25, 0.3) is 0 Å². The first-order chi connectivity index (χ1) is 20.2. The third-order valence-electron chi connectivity index (χ3n) is 7.86. The normalized spacial score (nSPS) is 33.8. The summed E-state index contributed by atoms with van der Waals surface area (Å²) in [4.78, 5) is 12.7. The number of ether oxygens (including phenoxy) is 3. The summed E-state index contributed by atoms with van der Waals surface area (Å²) in [6.45, 7) is 0.934. The molecule has 0 bridgehead atoms. The molecular formula is C30H54O11S. The van der Waals surface area contributed by atoms with Crippen molar-refractivity contribution in [2.24, 2.45) is 0 Å². The Kier molecular flexibility index (Phi) is 18.9. The average Bonchev–Trinajstić information content (AvgIpc) is 2.98. The molecule has 2 saturated heterocycles. The minimum absolute atomic E-state index is 0.221. The van der Waals surface area contributed by atoms with E-state index in [0.717, 1.165) is 50.3 Å². The number of carbonyl (C=O) groups is 1. The molecule has 0 aromatic carbocycles. The number of aliphatic hydroxyl groups excluding tert-OH is 7. The van der Waals surface area contributed by atoms with Crippen LogP contribution in [0.5, 0.6) is 0 Å². The molecule has 2 fully saturated rings. The second kappa shape index (κ2) is 21.2. The summed E-state index contributed by atoms with van der Waals surface area (Å²) in [5.74, 6) is 0. The third kappa shape index (κ3) is 12.4. The largest absolute Gasteiger partial charge is 0.394 e. The van der Waals surface area contributed by atoms with Crippen molar-refractivity contribution in [2.45, 2.75) is 157 Å². The van der Waals surface area contributed by atoms with Gasteiger partial charge in [-0.1, -0.05) is 82.2 Å². The van der Waals surface area contributed by atoms with E-state index in [1.807, 2.05) is 0 Å². The van der Waals surface area contributed by atoms with Crippen LogP contribution >= 0.6 is 11.8 Å². The molecule has 12 heteroatoms. The lowest BCUT2D eigenvalue weighted by molar-refractivity contribution is -0.342. The van der Waals surface area contributed by atoms with Gasteiger partial charge < -0.3 is 50.0 Å². The summed E-state index contributed by atoms with van der Waals surface area (Å²) in [5.41, 5.74) is 0. The van der Waals surface area contributed by atoms with Crippen LogP contribution in [0.15, 0.2) is 12.2 Å². The van der Waals surface area contributed by atoms with Gasteiger partial charge in [0, 0.05) is 6.42 Å². The number of unbranched alkanes of at least 4 members (excludes halogenated alkanes) is 11. The van der Waals surface area contributed by atoms with Crippen LogP contribution in [0.2, 0.25) is 0 Å². The maximum absolute atomic E-state index is 12.7. The number of rotatable bonds is 20. The first-order valence-corrected chi connectivity index (χ1v) is 16.6. The molecule has 10 atom stereocenters. The van der Waals surface area contributed by atoms with E-state index < -0.39 is 73.8 Å². The van der Waals surface area contributed by atoms with E-state index >= 15 is 0 Å². The second-order valence-corrected chi connectivity index (χ2v) is 12.6. The number of aliphatic hydroxyl groups is 7. The Labute approximate surface area is 254 Å². The van der Waals surface area contributed by atoms with E-state index in [4.69, 9.17) is 14.2 Å². The summed E-state index contributed by atoms with van der Waals surface area (Å²) >= 11 is 0.765. The number of allylic oxidation sites excluding steroid dienone is 2. The number of hydrogen-bond donors (Lipinski definition) is 7. The van der Waals surface area contributed by atoms with Gasteiger partial charge in [0.05, 0.1) is 24.6 Å². The highest BCUT2D eigenvalue weighted by molar-refractivity contribution is 8.14. The Morgan fingerprint density at radius 2 is 1.29 bits per heavy atom. The zero-order valence-corrected chi connectivity index (χ0v) is 25.7. The van der Waals surface area contributed by atoms with Crippen molar-refractivity contribution in [3.63, 3.8) is 0 Å². The van der Waals surface area contributed by atoms with Crippen molar-refractivity contribution < 1.29 is 54.8 Å². The molecule has 2 aliphatic heterocycles. The zero-order chi connectivity index (χ0) is 30.9. The highest BCUT2D eigenvalue weighted by atomic mass is 32.2. The Hall–Kier alpha value is -0.640. The summed E-state index contributed by atoms with van der Waals surface area (Å²) in [6.07, 6.45) is 6.28. The maximum Gasteiger partial charge on any atom is 0.189 e. The van der Waals surface area contributed by atoms with E-state index in [9.17, 15) is 40.5 Å². The van der Waals surface area contributed by atoms with Crippen molar-refractivity contribution in [3.05, 3.63) is 12.2 Å². The molecule has 2 aliphatic rings. The highest BCUT2D eigenvalue weighted by Gasteiger charge is 2.51. The average molecular weight is 623 g/mol. The molecule has 0 unspecified atom stereocenters. The van der Waals surface area contributed by atoms with Crippen LogP contribution in [0.3, 0.4) is 0 Å². The Morgan fingerprint density at radius 1 is 0.714 bits per heavy atom. The zero-order valence-electron chi connectivity index (χ0n) is 24.9. The number of hydrogen-bond acceptors (Lipinski definition) is 12. The molecule has 7 N–H and O–H groups in total. The molecule has 2 rings (SSSR count). The monoisotopic (exact) mass is 622 g/mol. The van der Waals surface area contributed by atoms with Gasteiger partial charge >= 0.3 is 0 Å². The van der Waals surface area contributed by atoms with Crippen LogP contribution in [0.1, 0.15) is 96.8 Å². The molecule has 246 valence electrons. The SMILES string of the molecule is CCCCCCCC/C=C\CCCCCCCC(=O)S[C@@H]1[C@@H](O)[C@@H](O[C@H]2[C@H](O)[C@@H](O)[C@H](O)O[C@@H]2CO)O[C@H](CO)[C@H]1O. The predicted molar refractivity (Wildman–Crippen MR) is 158 cm³/mol. The van der Waals surface area contributed by atoms with Crippen LogP contribution in [0.4, 0.5) is 0 Å². The van der Waals surface area contributed by atoms with Gasteiger partial charge in [-0.3, -0.25) is 4.79 Å². The summed E-state index contributed by atoms with van der Waals surface area (Å²) in [5, 5.41) is 69.5. The van der Waals surface area contributed by atoms with Crippen LogP contribution in [-0.4, -0.2) is 115 Å². The van der Waals surface area contributed by atoms with Crippen LogP contribution in [0, 0.1) is 0 Å². The predicted octanol–water partition coefficient (Wildman–Crippen LogP) is 1.91. The minimum Gasteiger partial charge on any atom is -0.394 e. The molecule has 0 aromatic rings. The fourth-order valence-electron chi connectivity index (χ4n) is 5.25. The minimum atomic E-state index is -1.75. The van der Waals surface area contributed by atoms with Crippen molar-refractivity contribution in [1.29, 1.82) is 0 Å². The van der Waals surface area contributed by atoms with E-state index in [1.165, 1.54) is 38.5 Å². The molecule has 0 aliphatic carbocycles. The molecule has 0 spiro atoms. The van der Waals surface area contributed by atoms with Gasteiger partial charge in [0.1, 0.15) is 36.6 Å². The lowest BCUT2D eigenvalue weighted by Crippen LogP contribution is -2.64. The van der Waals surface area contributed by atoms with E-state index in [0.29, 0.717) is 6.42 Å². The van der Waals surface area contributed by atoms with Gasteiger partial charge in [0.25, 0.3) is 0 Å². The van der Waals surface area contributed by atoms with Crippen molar-refractivity contribution in [3.8, 4) is 0 Å². The van der Waals surface area contributed by atoms with Crippen molar-refractivity contribution in [1.82, 2.24) is 0 Å². The maximum atomic E-state index is 12.7. The molecule has 0 amide bonds.